The van der Waals surface area contributed by atoms with E-state index in [1.807, 2.05) is 6.92 Å². The fourth-order valence-corrected chi connectivity index (χ4v) is 2.03. The molecule has 0 aromatic heterocycles. The van der Waals surface area contributed by atoms with Crippen LogP contribution in [0.25, 0.3) is 0 Å². The van der Waals surface area contributed by atoms with Gasteiger partial charge in [0, 0.05) is 18.5 Å². The lowest BCUT2D eigenvalue weighted by Crippen LogP contribution is -2.22. The molecule has 0 bridgehead atoms. The Morgan fingerprint density at radius 2 is 2.00 bits per heavy atom. The summed E-state index contributed by atoms with van der Waals surface area (Å²) in [6.07, 6.45) is 0.756. The molecule has 0 rings (SSSR count). The van der Waals surface area contributed by atoms with Gasteiger partial charge in [-0.25, -0.2) is 0 Å². The Labute approximate surface area is 95.6 Å². The molecule has 7 heteroatoms. The van der Waals surface area contributed by atoms with E-state index in [-0.39, 0.29) is 0 Å². The number of alkyl halides is 3. The molecule has 0 radical (unpaired) electrons. The molecule has 0 aromatic rings. The standard InChI is InChI=1S/C5H7Cl4NOS/c1-2-3-10(4(6)11)12-5(7,8)9/h2-3H2,1H3. The zero-order chi connectivity index (χ0) is 9.78. The zero-order valence-electron chi connectivity index (χ0n) is 6.19. The Kier molecular flexibility index (Phi) is 6.12. The van der Waals surface area contributed by atoms with Crippen LogP contribution in [0.2, 0.25) is 0 Å². The molecule has 0 saturated carbocycles. The SMILES string of the molecule is CCCN(SC(Cl)(Cl)Cl)C(=O)Cl. The Morgan fingerprint density at radius 1 is 1.50 bits per heavy atom. The molecule has 0 atom stereocenters. The van der Waals surface area contributed by atoms with E-state index in [9.17, 15) is 4.79 Å². The number of halogens is 4. The maximum absolute atomic E-state index is 10.7. The van der Waals surface area contributed by atoms with Crippen molar-refractivity contribution in [2.45, 2.75) is 16.5 Å². The summed E-state index contributed by atoms with van der Waals surface area (Å²) in [5, 5.41) is -0.631. The Bertz CT molecular complexity index is 160. The molecule has 2 nitrogen and oxygen atoms in total. The molecule has 0 heterocycles. The molecule has 0 spiro atoms. The van der Waals surface area contributed by atoms with Crippen LogP contribution in [0.5, 0.6) is 0 Å². The summed E-state index contributed by atoms with van der Waals surface area (Å²) in [5.41, 5.74) is 0. The number of carbonyl (C=O) groups is 1. The Hall–Kier alpha value is 0.980. The van der Waals surface area contributed by atoms with Gasteiger partial charge in [-0.3, -0.25) is 9.10 Å². The van der Waals surface area contributed by atoms with Gasteiger partial charge < -0.3 is 0 Å². The van der Waals surface area contributed by atoms with Crippen LogP contribution in [0, 0.1) is 0 Å². The Morgan fingerprint density at radius 3 is 2.25 bits per heavy atom. The van der Waals surface area contributed by atoms with E-state index in [4.69, 9.17) is 46.4 Å². The number of carbonyl (C=O) groups excluding carboxylic acids is 1. The molecule has 0 aromatic carbocycles. The zero-order valence-corrected chi connectivity index (χ0v) is 10.0. The van der Waals surface area contributed by atoms with Crippen molar-refractivity contribution in [3.05, 3.63) is 0 Å². The highest BCUT2D eigenvalue weighted by atomic mass is 35.6. The maximum Gasteiger partial charge on any atom is 0.326 e. The van der Waals surface area contributed by atoms with Gasteiger partial charge in [0.2, 0.25) is 0 Å². The summed E-state index contributed by atoms with van der Waals surface area (Å²) in [6.45, 7) is 2.35. The smallest absolute Gasteiger partial charge is 0.269 e. The molecule has 0 aliphatic rings. The largest absolute Gasteiger partial charge is 0.326 e. The van der Waals surface area contributed by atoms with Gasteiger partial charge in [0.1, 0.15) is 0 Å². The average Bonchev–Trinajstić information content (AvgIpc) is 1.83. The van der Waals surface area contributed by atoms with Crippen molar-refractivity contribution in [3.63, 3.8) is 0 Å². The van der Waals surface area contributed by atoms with Crippen LogP contribution in [0.4, 0.5) is 4.79 Å². The fraction of sp³-hybridized carbons (Fsp3) is 0.800. The number of nitrogens with zero attached hydrogens (tertiary/aromatic N) is 1. The van der Waals surface area contributed by atoms with E-state index in [2.05, 4.69) is 0 Å². The van der Waals surface area contributed by atoms with Gasteiger partial charge in [-0.2, -0.15) is 0 Å². The van der Waals surface area contributed by atoms with Gasteiger partial charge in [0.25, 0.3) is 3.12 Å². The molecule has 0 fully saturated rings. The van der Waals surface area contributed by atoms with Crippen LogP contribution in [-0.2, 0) is 0 Å². The van der Waals surface area contributed by atoms with Crippen molar-refractivity contribution in [2.75, 3.05) is 6.54 Å². The molecule has 0 aliphatic heterocycles. The Balaban J connectivity index is 4.05. The van der Waals surface area contributed by atoms with Crippen LogP contribution in [-0.4, -0.2) is 19.3 Å². The van der Waals surface area contributed by atoms with Crippen LogP contribution in [0.15, 0.2) is 0 Å². The molecule has 12 heavy (non-hydrogen) atoms. The summed E-state index contributed by atoms with van der Waals surface area (Å²) < 4.78 is -0.339. The van der Waals surface area contributed by atoms with E-state index in [0.29, 0.717) is 6.54 Å². The predicted molar refractivity (Wildman–Crippen MR) is 56.1 cm³/mol. The summed E-state index contributed by atoms with van der Waals surface area (Å²) in [6, 6.07) is 0. The highest BCUT2D eigenvalue weighted by Gasteiger charge is 2.27. The van der Waals surface area contributed by atoms with Gasteiger partial charge in [0.05, 0.1) is 0 Å². The topological polar surface area (TPSA) is 20.3 Å². The first-order valence-electron chi connectivity index (χ1n) is 3.09. The van der Waals surface area contributed by atoms with E-state index in [1.165, 1.54) is 4.31 Å². The second-order valence-electron chi connectivity index (χ2n) is 1.89. The average molecular weight is 271 g/mol. The first-order valence-corrected chi connectivity index (χ1v) is 5.38. The van der Waals surface area contributed by atoms with Crippen molar-refractivity contribution in [3.8, 4) is 0 Å². The van der Waals surface area contributed by atoms with Crippen molar-refractivity contribution in [1.29, 1.82) is 0 Å². The number of amides is 1. The minimum atomic E-state index is -1.54. The monoisotopic (exact) mass is 269 g/mol. The van der Waals surface area contributed by atoms with Crippen LogP contribution in [0.3, 0.4) is 0 Å². The summed E-state index contributed by atoms with van der Waals surface area (Å²) >= 11 is 22.3. The quantitative estimate of drug-likeness (QED) is 0.334. The van der Waals surface area contributed by atoms with E-state index < -0.39 is 8.49 Å². The van der Waals surface area contributed by atoms with E-state index in [0.717, 1.165) is 18.4 Å². The van der Waals surface area contributed by atoms with Crippen LogP contribution >= 0.6 is 58.4 Å². The lowest BCUT2D eigenvalue weighted by Gasteiger charge is -2.21. The second kappa shape index (κ2) is 5.66. The van der Waals surface area contributed by atoms with E-state index >= 15 is 0 Å². The summed E-state index contributed by atoms with van der Waals surface area (Å²) in [4.78, 5) is 10.7. The fourth-order valence-electron chi connectivity index (χ4n) is 0.497. The third-order valence-electron chi connectivity index (χ3n) is 0.836. The maximum atomic E-state index is 10.7. The minimum Gasteiger partial charge on any atom is -0.269 e. The van der Waals surface area contributed by atoms with Crippen molar-refractivity contribution < 1.29 is 4.79 Å². The van der Waals surface area contributed by atoms with Gasteiger partial charge in [-0.1, -0.05) is 41.7 Å². The molecule has 1 amide bonds. The second-order valence-corrected chi connectivity index (χ2v) is 6.40. The van der Waals surface area contributed by atoms with Crippen molar-refractivity contribution >= 4 is 63.7 Å². The molecule has 0 unspecified atom stereocenters. The predicted octanol–water partition coefficient (Wildman–Crippen LogP) is 4.03. The summed E-state index contributed by atoms with van der Waals surface area (Å²) in [5.74, 6) is 0. The third kappa shape index (κ3) is 6.49. The molecular weight excluding hydrogens is 264 g/mol. The van der Waals surface area contributed by atoms with Gasteiger partial charge in [-0.05, 0) is 18.0 Å². The molecule has 0 saturated heterocycles. The summed E-state index contributed by atoms with van der Waals surface area (Å²) in [7, 11) is 0. The van der Waals surface area contributed by atoms with Gasteiger partial charge in [0.15, 0.2) is 0 Å². The van der Waals surface area contributed by atoms with Gasteiger partial charge in [-0.15, -0.1) is 0 Å². The molecule has 72 valence electrons. The molecular formula is C5H7Cl4NOS. The van der Waals surface area contributed by atoms with Crippen molar-refractivity contribution in [1.82, 2.24) is 4.31 Å². The normalized spacial score (nSPS) is 11.4. The highest BCUT2D eigenvalue weighted by Crippen LogP contribution is 2.41. The van der Waals surface area contributed by atoms with Gasteiger partial charge >= 0.3 is 5.37 Å². The lowest BCUT2D eigenvalue weighted by molar-refractivity contribution is 0.247. The number of rotatable bonds is 3. The molecule has 0 N–H and O–H groups in total. The number of hydrogen-bond donors (Lipinski definition) is 0. The van der Waals surface area contributed by atoms with Crippen LogP contribution < -0.4 is 0 Å². The lowest BCUT2D eigenvalue weighted by atomic mass is 10.5. The first-order chi connectivity index (χ1) is 5.37. The minimum absolute atomic E-state index is 0.459. The van der Waals surface area contributed by atoms with Crippen LogP contribution in [0.1, 0.15) is 13.3 Å². The number of hydrogen-bond acceptors (Lipinski definition) is 2. The first kappa shape index (κ1) is 13.0. The van der Waals surface area contributed by atoms with Crippen molar-refractivity contribution in [2.24, 2.45) is 0 Å². The molecule has 0 aliphatic carbocycles. The highest BCUT2D eigenvalue weighted by molar-refractivity contribution is 8.03. The van der Waals surface area contributed by atoms with E-state index in [1.54, 1.807) is 0 Å². The third-order valence-corrected chi connectivity index (χ3v) is 2.54.